The van der Waals surface area contributed by atoms with E-state index >= 15 is 0 Å². The molecule has 18 heavy (non-hydrogen) atoms. The fourth-order valence-electron chi connectivity index (χ4n) is 1.78. The Morgan fingerprint density at radius 3 is 2.72 bits per heavy atom. The number of benzene rings is 1. The van der Waals surface area contributed by atoms with Crippen LogP contribution in [0, 0.1) is 5.92 Å². The van der Waals surface area contributed by atoms with E-state index in [-0.39, 0.29) is 5.78 Å². The SMILES string of the molecule is CC(C)C(C)SCC(=O)c1c[nH]c2ccccc12. The first-order valence-corrected chi connectivity index (χ1v) is 7.35. The Morgan fingerprint density at radius 1 is 1.28 bits per heavy atom. The van der Waals surface area contributed by atoms with E-state index in [9.17, 15) is 4.79 Å². The molecule has 0 fully saturated rings. The number of nitrogens with one attached hydrogen (secondary N) is 1. The second kappa shape index (κ2) is 5.61. The van der Waals surface area contributed by atoms with Gasteiger partial charge in [-0.25, -0.2) is 0 Å². The maximum absolute atomic E-state index is 12.2. The van der Waals surface area contributed by atoms with Gasteiger partial charge < -0.3 is 4.98 Å². The largest absolute Gasteiger partial charge is 0.360 e. The molecule has 2 nitrogen and oxygen atoms in total. The van der Waals surface area contributed by atoms with Crippen LogP contribution in [0.4, 0.5) is 0 Å². The first kappa shape index (κ1) is 13.2. The van der Waals surface area contributed by atoms with Gasteiger partial charge in [0.2, 0.25) is 0 Å². The molecule has 2 aromatic rings. The molecule has 2 rings (SSSR count). The van der Waals surface area contributed by atoms with Gasteiger partial charge in [0.05, 0.1) is 5.75 Å². The van der Waals surface area contributed by atoms with Crippen LogP contribution >= 0.6 is 11.8 Å². The highest BCUT2D eigenvalue weighted by Gasteiger charge is 2.14. The minimum absolute atomic E-state index is 0.213. The number of carbonyl (C=O) groups is 1. The predicted octanol–water partition coefficient (Wildman–Crippen LogP) is 4.13. The Bertz CT molecular complexity index is 544. The maximum Gasteiger partial charge on any atom is 0.174 e. The van der Waals surface area contributed by atoms with Crippen molar-refractivity contribution in [2.24, 2.45) is 5.92 Å². The minimum atomic E-state index is 0.213. The summed E-state index contributed by atoms with van der Waals surface area (Å²) >= 11 is 1.74. The van der Waals surface area contributed by atoms with Crippen LogP contribution in [0.5, 0.6) is 0 Å². The van der Waals surface area contributed by atoms with E-state index in [1.807, 2.05) is 30.5 Å². The second-order valence-electron chi connectivity index (χ2n) is 4.93. The van der Waals surface area contributed by atoms with E-state index < -0.39 is 0 Å². The number of aromatic nitrogens is 1. The molecule has 0 spiro atoms. The van der Waals surface area contributed by atoms with Gasteiger partial charge in [0.25, 0.3) is 0 Å². The van der Waals surface area contributed by atoms with Gasteiger partial charge in [-0.05, 0) is 12.0 Å². The highest BCUT2D eigenvalue weighted by Crippen LogP contribution is 2.23. The van der Waals surface area contributed by atoms with E-state index in [0.29, 0.717) is 16.9 Å². The zero-order chi connectivity index (χ0) is 13.1. The summed E-state index contributed by atoms with van der Waals surface area (Å²) < 4.78 is 0. The summed E-state index contributed by atoms with van der Waals surface area (Å²) in [5, 5.41) is 1.54. The van der Waals surface area contributed by atoms with Crippen LogP contribution in [0.25, 0.3) is 10.9 Å². The fraction of sp³-hybridized carbons (Fsp3) is 0.400. The summed E-state index contributed by atoms with van der Waals surface area (Å²) in [6.07, 6.45) is 1.83. The summed E-state index contributed by atoms with van der Waals surface area (Å²) in [6, 6.07) is 7.94. The lowest BCUT2D eigenvalue weighted by Gasteiger charge is -2.13. The van der Waals surface area contributed by atoms with Gasteiger partial charge in [-0.1, -0.05) is 39.0 Å². The van der Waals surface area contributed by atoms with Crippen LogP contribution in [0.1, 0.15) is 31.1 Å². The van der Waals surface area contributed by atoms with Gasteiger partial charge in [0.1, 0.15) is 0 Å². The van der Waals surface area contributed by atoms with Gasteiger partial charge >= 0.3 is 0 Å². The van der Waals surface area contributed by atoms with E-state index in [1.165, 1.54) is 0 Å². The molecule has 1 aromatic heterocycles. The summed E-state index contributed by atoms with van der Waals surface area (Å²) in [6.45, 7) is 6.56. The third-order valence-electron chi connectivity index (χ3n) is 3.31. The second-order valence-corrected chi connectivity index (χ2v) is 6.30. The number of fused-ring (bicyclic) bond motifs is 1. The number of H-pyrrole nitrogens is 1. The molecule has 1 atom stereocenters. The van der Waals surface area contributed by atoms with Gasteiger partial charge in [0.15, 0.2) is 5.78 Å². The molecular formula is C15H19NOS. The fourth-order valence-corrected chi connectivity index (χ4v) is 2.73. The molecule has 1 heterocycles. The Morgan fingerprint density at radius 2 is 2.00 bits per heavy atom. The van der Waals surface area contributed by atoms with Crippen molar-refractivity contribution in [1.82, 2.24) is 4.98 Å². The first-order valence-electron chi connectivity index (χ1n) is 6.30. The number of hydrogen-bond donors (Lipinski definition) is 1. The van der Waals surface area contributed by atoms with Crippen molar-refractivity contribution in [2.75, 3.05) is 5.75 Å². The molecule has 1 unspecified atom stereocenters. The van der Waals surface area contributed by atoms with Crippen LogP contribution in [0.15, 0.2) is 30.5 Å². The topological polar surface area (TPSA) is 32.9 Å². The zero-order valence-corrected chi connectivity index (χ0v) is 11.9. The number of para-hydroxylation sites is 1. The van der Waals surface area contributed by atoms with Crippen LogP contribution in [0.2, 0.25) is 0 Å². The van der Waals surface area contributed by atoms with E-state index in [4.69, 9.17) is 0 Å². The molecule has 0 bridgehead atoms. The Balaban J connectivity index is 2.10. The van der Waals surface area contributed by atoms with Crippen LogP contribution in [0.3, 0.4) is 0 Å². The molecule has 1 N–H and O–H groups in total. The highest BCUT2D eigenvalue weighted by molar-refractivity contribution is 8.00. The molecule has 96 valence electrons. The predicted molar refractivity (Wildman–Crippen MR) is 79.4 cm³/mol. The van der Waals surface area contributed by atoms with Crippen LogP contribution in [-0.2, 0) is 0 Å². The number of ketones is 1. The number of hydrogen-bond acceptors (Lipinski definition) is 2. The standard InChI is InChI=1S/C15H19NOS/c1-10(2)11(3)18-9-15(17)13-8-16-14-7-5-4-6-12(13)14/h4-8,10-11,16H,9H2,1-3H3. The number of Topliss-reactive ketones (excluding diaryl/α,β-unsaturated/α-hetero) is 1. The lowest BCUT2D eigenvalue weighted by atomic mass is 10.1. The van der Waals surface area contributed by atoms with E-state index in [0.717, 1.165) is 16.5 Å². The number of carbonyl (C=O) groups excluding carboxylic acids is 1. The lowest BCUT2D eigenvalue weighted by Crippen LogP contribution is -2.10. The van der Waals surface area contributed by atoms with E-state index in [1.54, 1.807) is 11.8 Å². The molecule has 0 saturated carbocycles. The van der Waals surface area contributed by atoms with Gasteiger partial charge in [-0.3, -0.25) is 4.79 Å². The molecule has 0 saturated heterocycles. The quantitative estimate of drug-likeness (QED) is 0.821. The monoisotopic (exact) mass is 261 g/mol. The molecule has 0 aliphatic heterocycles. The summed E-state index contributed by atoms with van der Waals surface area (Å²) in [4.78, 5) is 15.4. The van der Waals surface area contributed by atoms with Crippen molar-refractivity contribution < 1.29 is 4.79 Å². The average Bonchev–Trinajstić information content (AvgIpc) is 2.79. The molecule has 0 aliphatic rings. The smallest absolute Gasteiger partial charge is 0.174 e. The van der Waals surface area contributed by atoms with E-state index in [2.05, 4.69) is 25.8 Å². The number of thioether (sulfide) groups is 1. The summed E-state index contributed by atoms with van der Waals surface area (Å²) in [7, 11) is 0. The van der Waals surface area contributed by atoms with Crippen LogP contribution < -0.4 is 0 Å². The Hall–Kier alpha value is -1.22. The summed E-state index contributed by atoms with van der Waals surface area (Å²) in [5.41, 5.74) is 1.84. The third kappa shape index (κ3) is 2.78. The van der Waals surface area contributed by atoms with Crippen molar-refractivity contribution >= 4 is 28.4 Å². The molecular weight excluding hydrogens is 242 g/mol. The Labute approximate surface area is 112 Å². The summed E-state index contributed by atoms with van der Waals surface area (Å²) in [5.74, 6) is 1.37. The molecule has 0 radical (unpaired) electrons. The molecule has 3 heteroatoms. The van der Waals surface area contributed by atoms with Gasteiger partial charge in [-0.15, -0.1) is 0 Å². The third-order valence-corrected chi connectivity index (χ3v) is 4.80. The Kier molecular flexibility index (Phi) is 4.12. The molecule has 0 amide bonds. The molecule has 0 aliphatic carbocycles. The maximum atomic E-state index is 12.2. The van der Waals surface area contributed by atoms with Gasteiger partial charge in [-0.2, -0.15) is 11.8 Å². The number of rotatable bonds is 5. The van der Waals surface area contributed by atoms with Crippen molar-refractivity contribution in [3.05, 3.63) is 36.0 Å². The van der Waals surface area contributed by atoms with Gasteiger partial charge in [0, 0.05) is 27.9 Å². The zero-order valence-electron chi connectivity index (χ0n) is 11.1. The van der Waals surface area contributed by atoms with Crippen molar-refractivity contribution in [1.29, 1.82) is 0 Å². The minimum Gasteiger partial charge on any atom is -0.360 e. The first-order chi connectivity index (χ1) is 8.59. The van der Waals surface area contributed by atoms with Crippen molar-refractivity contribution in [2.45, 2.75) is 26.0 Å². The average molecular weight is 261 g/mol. The lowest BCUT2D eigenvalue weighted by molar-refractivity contribution is 0.102. The van der Waals surface area contributed by atoms with Crippen molar-refractivity contribution in [3.8, 4) is 0 Å². The van der Waals surface area contributed by atoms with Crippen molar-refractivity contribution in [3.63, 3.8) is 0 Å². The molecule has 1 aromatic carbocycles. The number of aromatic amines is 1. The van der Waals surface area contributed by atoms with Crippen LogP contribution in [-0.4, -0.2) is 21.8 Å². The highest BCUT2D eigenvalue weighted by atomic mass is 32.2. The normalized spacial score (nSPS) is 13.1.